The minimum absolute atomic E-state index is 0.0247. The van der Waals surface area contributed by atoms with Crippen LogP contribution in [0.15, 0.2) is 36.9 Å². The molecule has 6 heteroatoms. The first kappa shape index (κ1) is 16.8. The molecule has 0 aromatic heterocycles. The lowest BCUT2D eigenvalue weighted by Gasteiger charge is -2.21. The first-order chi connectivity index (χ1) is 10.1. The fourth-order valence-corrected chi connectivity index (χ4v) is 1.97. The number of nitro groups is 1. The zero-order valence-electron chi connectivity index (χ0n) is 12.2. The van der Waals surface area contributed by atoms with Crippen LogP contribution in [0, 0.1) is 10.1 Å². The van der Waals surface area contributed by atoms with Gasteiger partial charge in [0.05, 0.1) is 4.92 Å². The van der Waals surface area contributed by atoms with Gasteiger partial charge in [0.2, 0.25) is 5.91 Å². The van der Waals surface area contributed by atoms with E-state index in [1.807, 2.05) is 7.05 Å². The minimum Gasteiger partial charge on any atom is -0.335 e. The smallest absolute Gasteiger partial charge is 0.269 e. The Morgan fingerprint density at radius 1 is 1.52 bits per heavy atom. The van der Waals surface area contributed by atoms with Gasteiger partial charge in [-0.15, -0.1) is 6.58 Å². The Morgan fingerprint density at radius 3 is 2.90 bits per heavy atom. The number of non-ortho nitro benzene ring substituents is 1. The first-order valence-corrected chi connectivity index (χ1v) is 6.85. The quantitative estimate of drug-likeness (QED) is 0.327. The summed E-state index contributed by atoms with van der Waals surface area (Å²) in [6.07, 6.45) is 2.87. The van der Waals surface area contributed by atoms with E-state index in [9.17, 15) is 14.9 Å². The van der Waals surface area contributed by atoms with Crippen molar-refractivity contribution in [1.29, 1.82) is 0 Å². The fraction of sp³-hybridized carbons (Fsp3) is 0.400. The number of carbonyl (C=O) groups excluding carboxylic acids is 1. The molecule has 0 spiro atoms. The van der Waals surface area contributed by atoms with Gasteiger partial charge in [0.1, 0.15) is 0 Å². The number of carbonyl (C=O) groups is 1. The Balaban J connectivity index is 2.73. The lowest BCUT2D eigenvalue weighted by molar-refractivity contribution is -0.384. The molecule has 21 heavy (non-hydrogen) atoms. The molecule has 0 atom stereocenters. The molecular formula is C15H21N3O3. The second-order valence-electron chi connectivity index (χ2n) is 4.70. The second-order valence-corrected chi connectivity index (χ2v) is 4.70. The fourth-order valence-electron chi connectivity index (χ4n) is 1.97. The van der Waals surface area contributed by atoms with Crippen LogP contribution in [-0.2, 0) is 11.3 Å². The van der Waals surface area contributed by atoms with Crippen LogP contribution in [0.2, 0.25) is 0 Å². The highest BCUT2D eigenvalue weighted by atomic mass is 16.6. The summed E-state index contributed by atoms with van der Waals surface area (Å²) in [5.41, 5.74) is 0.779. The summed E-state index contributed by atoms with van der Waals surface area (Å²) < 4.78 is 0. The van der Waals surface area contributed by atoms with Crippen molar-refractivity contribution >= 4 is 11.6 Å². The number of benzene rings is 1. The van der Waals surface area contributed by atoms with Gasteiger partial charge >= 0.3 is 0 Å². The van der Waals surface area contributed by atoms with Crippen molar-refractivity contribution in [2.75, 3.05) is 20.1 Å². The summed E-state index contributed by atoms with van der Waals surface area (Å²) in [7, 11) is 1.84. The SMILES string of the molecule is C=CCN(Cc1cccc([N+](=O)[O-])c1)C(=O)CCCNC. The van der Waals surface area contributed by atoms with Crippen LogP contribution in [0.1, 0.15) is 18.4 Å². The molecular weight excluding hydrogens is 270 g/mol. The van der Waals surface area contributed by atoms with Crippen molar-refractivity contribution in [2.45, 2.75) is 19.4 Å². The lowest BCUT2D eigenvalue weighted by Crippen LogP contribution is -2.31. The van der Waals surface area contributed by atoms with Gasteiger partial charge in [-0.3, -0.25) is 14.9 Å². The highest BCUT2D eigenvalue weighted by molar-refractivity contribution is 5.76. The van der Waals surface area contributed by atoms with Gasteiger partial charge in [-0.2, -0.15) is 0 Å². The van der Waals surface area contributed by atoms with Crippen molar-refractivity contribution in [3.8, 4) is 0 Å². The molecule has 6 nitrogen and oxygen atoms in total. The summed E-state index contributed by atoms with van der Waals surface area (Å²) in [6, 6.07) is 6.35. The Hall–Kier alpha value is -2.21. The molecule has 0 heterocycles. The van der Waals surface area contributed by atoms with Gasteiger partial charge in [-0.1, -0.05) is 18.2 Å². The number of nitrogens with zero attached hydrogens (tertiary/aromatic N) is 2. The van der Waals surface area contributed by atoms with E-state index in [1.165, 1.54) is 12.1 Å². The second kappa shape index (κ2) is 8.86. The van der Waals surface area contributed by atoms with Crippen molar-refractivity contribution in [3.63, 3.8) is 0 Å². The third kappa shape index (κ3) is 5.74. The topological polar surface area (TPSA) is 75.5 Å². The van der Waals surface area contributed by atoms with Crippen LogP contribution in [0.4, 0.5) is 5.69 Å². The van der Waals surface area contributed by atoms with E-state index >= 15 is 0 Å². The summed E-state index contributed by atoms with van der Waals surface area (Å²) in [5.74, 6) is 0.0247. The van der Waals surface area contributed by atoms with Gasteiger partial charge in [0.25, 0.3) is 5.69 Å². The number of amides is 1. The van der Waals surface area contributed by atoms with E-state index in [0.717, 1.165) is 18.5 Å². The van der Waals surface area contributed by atoms with Crippen LogP contribution >= 0.6 is 0 Å². The summed E-state index contributed by atoms with van der Waals surface area (Å²) >= 11 is 0. The number of nitrogens with one attached hydrogen (secondary N) is 1. The highest BCUT2D eigenvalue weighted by Crippen LogP contribution is 2.15. The molecule has 0 radical (unpaired) electrons. The molecule has 0 aliphatic carbocycles. The predicted octanol–water partition coefficient (Wildman–Crippen LogP) is 2.11. The van der Waals surface area contributed by atoms with E-state index < -0.39 is 4.92 Å². The number of hydrogen-bond donors (Lipinski definition) is 1. The molecule has 0 unspecified atom stereocenters. The molecule has 1 amide bonds. The van der Waals surface area contributed by atoms with Gasteiger partial charge in [-0.25, -0.2) is 0 Å². The van der Waals surface area contributed by atoms with E-state index in [-0.39, 0.29) is 11.6 Å². The maximum absolute atomic E-state index is 12.1. The van der Waals surface area contributed by atoms with Gasteiger partial charge < -0.3 is 10.2 Å². The third-order valence-corrected chi connectivity index (χ3v) is 3.01. The van der Waals surface area contributed by atoms with E-state index in [0.29, 0.717) is 19.5 Å². The Bertz CT molecular complexity index is 503. The number of nitro benzene ring substituents is 1. The molecule has 0 saturated carbocycles. The molecule has 1 aromatic rings. The zero-order chi connectivity index (χ0) is 15.7. The maximum Gasteiger partial charge on any atom is 0.269 e. The van der Waals surface area contributed by atoms with Crippen LogP contribution in [0.3, 0.4) is 0 Å². The molecule has 1 rings (SSSR count). The molecule has 0 bridgehead atoms. The molecule has 0 aliphatic heterocycles. The van der Waals surface area contributed by atoms with Crippen molar-refractivity contribution in [2.24, 2.45) is 0 Å². The number of rotatable bonds is 9. The normalized spacial score (nSPS) is 10.1. The van der Waals surface area contributed by atoms with Crippen LogP contribution in [-0.4, -0.2) is 35.9 Å². The summed E-state index contributed by atoms with van der Waals surface area (Å²) in [5, 5.41) is 13.8. The zero-order valence-corrected chi connectivity index (χ0v) is 12.2. The molecule has 0 saturated heterocycles. The monoisotopic (exact) mass is 291 g/mol. The van der Waals surface area contributed by atoms with Crippen molar-refractivity contribution in [3.05, 3.63) is 52.6 Å². The Kier molecular flexibility index (Phi) is 7.11. The van der Waals surface area contributed by atoms with Crippen molar-refractivity contribution < 1.29 is 9.72 Å². The summed E-state index contributed by atoms with van der Waals surface area (Å²) in [4.78, 5) is 24.1. The molecule has 1 N–H and O–H groups in total. The van der Waals surface area contributed by atoms with Gasteiger partial charge in [0.15, 0.2) is 0 Å². The number of hydrogen-bond acceptors (Lipinski definition) is 4. The minimum atomic E-state index is -0.434. The predicted molar refractivity (Wildman–Crippen MR) is 81.9 cm³/mol. The standard InChI is InChI=1S/C15H21N3O3/c1-3-10-17(15(19)8-5-9-16-2)12-13-6-4-7-14(11-13)18(20)21/h3-4,6-7,11,16H,1,5,8-10,12H2,2H3. The van der Waals surface area contributed by atoms with E-state index in [1.54, 1.807) is 23.1 Å². The highest BCUT2D eigenvalue weighted by Gasteiger charge is 2.14. The molecule has 0 aliphatic rings. The van der Waals surface area contributed by atoms with Crippen molar-refractivity contribution in [1.82, 2.24) is 10.2 Å². The van der Waals surface area contributed by atoms with Gasteiger partial charge in [0, 0.05) is 31.6 Å². The Morgan fingerprint density at radius 2 is 2.29 bits per heavy atom. The van der Waals surface area contributed by atoms with Crippen LogP contribution in [0.25, 0.3) is 0 Å². The molecule has 114 valence electrons. The summed E-state index contributed by atoms with van der Waals surface area (Å²) in [6.45, 7) is 5.22. The van der Waals surface area contributed by atoms with Crippen LogP contribution < -0.4 is 5.32 Å². The average Bonchev–Trinajstić information content (AvgIpc) is 2.47. The molecule has 0 fully saturated rings. The maximum atomic E-state index is 12.1. The largest absolute Gasteiger partial charge is 0.335 e. The first-order valence-electron chi connectivity index (χ1n) is 6.85. The van der Waals surface area contributed by atoms with Gasteiger partial charge in [-0.05, 0) is 25.6 Å². The average molecular weight is 291 g/mol. The third-order valence-electron chi connectivity index (χ3n) is 3.01. The molecule has 1 aromatic carbocycles. The Labute approximate surface area is 124 Å². The van der Waals surface area contributed by atoms with E-state index in [4.69, 9.17) is 0 Å². The van der Waals surface area contributed by atoms with Crippen LogP contribution in [0.5, 0.6) is 0 Å². The van der Waals surface area contributed by atoms with E-state index in [2.05, 4.69) is 11.9 Å². The lowest BCUT2D eigenvalue weighted by atomic mass is 10.1.